The Labute approximate surface area is 123 Å². The fourth-order valence-corrected chi connectivity index (χ4v) is 4.65. The SMILES string of the molecule is O=C(N[C@H]1C=CS(=O)(=O)C1)c1csc(-c2cccs2)n1. The van der Waals surface area contributed by atoms with Gasteiger partial charge in [0.1, 0.15) is 10.7 Å². The third-order valence-corrected chi connectivity index (χ3v) is 5.99. The van der Waals surface area contributed by atoms with Crippen LogP contribution in [0.4, 0.5) is 0 Å². The Morgan fingerprint density at radius 3 is 2.90 bits per heavy atom. The maximum absolute atomic E-state index is 12.0. The number of hydrogen-bond acceptors (Lipinski definition) is 6. The number of nitrogens with one attached hydrogen (secondary N) is 1. The van der Waals surface area contributed by atoms with Crippen LogP contribution in [0.5, 0.6) is 0 Å². The van der Waals surface area contributed by atoms with Crippen molar-refractivity contribution < 1.29 is 13.2 Å². The van der Waals surface area contributed by atoms with Crippen molar-refractivity contribution >= 4 is 38.4 Å². The number of thiazole rings is 1. The second kappa shape index (κ2) is 5.12. The fraction of sp³-hybridized carbons (Fsp3) is 0.167. The molecule has 3 heterocycles. The lowest BCUT2D eigenvalue weighted by Gasteiger charge is -2.07. The fourth-order valence-electron chi connectivity index (χ4n) is 1.80. The summed E-state index contributed by atoms with van der Waals surface area (Å²) in [6.45, 7) is 0. The van der Waals surface area contributed by atoms with Gasteiger partial charge in [-0.1, -0.05) is 6.07 Å². The molecule has 20 heavy (non-hydrogen) atoms. The van der Waals surface area contributed by atoms with Crippen LogP contribution in [-0.4, -0.2) is 31.1 Å². The van der Waals surface area contributed by atoms with Crippen LogP contribution in [0.3, 0.4) is 0 Å². The molecule has 0 saturated carbocycles. The molecule has 0 unspecified atom stereocenters. The Bertz CT molecular complexity index is 760. The van der Waals surface area contributed by atoms with Crippen LogP contribution >= 0.6 is 22.7 Å². The van der Waals surface area contributed by atoms with E-state index in [9.17, 15) is 13.2 Å². The number of rotatable bonds is 3. The number of thiophene rings is 1. The van der Waals surface area contributed by atoms with Crippen LogP contribution in [0, 0.1) is 0 Å². The van der Waals surface area contributed by atoms with Gasteiger partial charge in [0.2, 0.25) is 0 Å². The zero-order valence-corrected chi connectivity index (χ0v) is 12.6. The molecule has 0 bridgehead atoms. The molecule has 0 saturated heterocycles. The topological polar surface area (TPSA) is 76.1 Å². The average molecular weight is 326 g/mol. The van der Waals surface area contributed by atoms with Gasteiger partial charge in [-0.15, -0.1) is 22.7 Å². The van der Waals surface area contributed by atoms with Crippen LogP contribution in [0.15, 0.2) is 34.4 Å². The molecule has 0 aromatic carbocycles. The number of carbonyl (C=O) groups excluding carboxylic acids is 1. The molecule has 3 rings (SSSR count). The largest absolute Gasteiger partial charge is 0.343 e. The summed E-state index contributed by atoms with van der Waals surface area (Å²) in [5.74, 6) is -0.434. The summed E-state index contributed by atoms with van der Waals surface area (Å²) >= 11 is 2.95. The summed E-state index contributed by atoms with van der Waals surface area (Å²) in [5, 5.41) is 8.21. The van der Waals surface area contributed by atoms with Crippen LogP contribution in [-0.2, 0) is 9.84 Å². The summed E-state index contributed by atoms with van der Waals surface area (Å²) in [5.41, 5.74) is 0.316. The number of nitrogens with zero attached hydrogens (tertiary/aromatic N) is 1. The summed E-state index contributed by atoms with van der Waals surface area (Å²) in [6.07, 6.45) is 1.49. The van der Waals surface area contributed by atoms with Crippen molar-refractivity contribution in [3.05, 3.63) is 40.1 Å². The minimum atomic E-state index is -3.16. The number of hydrogen-bond donors (Lipinski definition) is 1. The summed E-state index contributed by atoms with van der Waals surface area (Å²) in [4.78, 5) is 17.3. The van der Waals surface area contributed by atoms with Crippen molar-refractivity contribution in [2.75, 3.05) is 5.75 Å². The quantitative estimate of drug-likeness (QED) is 0.935. The lowest BCUT2D eigenvalue weighted by molar-refractivity contribution is 0.0943. The van der Waals surface area contributed by atoms with E-state index in [1.807, 2.05) is 17.5 Å². The van der Waals surface area contributed by atoms with E-state index >= 15 is 0 Å². The van der Waals surface area contributed by atoms with E-state index in [0.717, 1.165) is 15.3 Å². The molecule has 1 aliphatic rings. The molecule has 0 spiro atoms. The molecular weight excluding hydrogens is 316 g/mol. The molecule has 0 aliphatic carbocycles. The molecule has 8 heteroatoms. The molecule has 1 N–H and O–H groups in total. The first-order valence-corrected chi connectivity index (χ1v) is 9.22. The van der Waals surface area contributed by atoms with Crippen molar-refractivity contribution in [1.82, 2.24) is 10.3 Å². The van der Waals surface area contributed by atoms with Crippen molar-refractivity contribution in [3.8, 4) is 9.88 Å². The molecular formula is C12H10N2O3S3. The first-order valence-electron chi connectivity index (χ1n) is 5.75. The van der Waals surface area contributed by atoms with Gasteiger partial charge in [-0.05, 0) is 17.5 Å². The number of carbonyl (C=O) groups is 1. The van der Waals surface area contributed by atoms with Crippen LogP contribution in [0.2, 0.25) is 0 Å². The van der Waals surface area contributed by atoms with Gasteiger partial charge in [-0.3, -0.25) is 4.79 Å². The van der Waals surface area contributed by atoms with E-state index < -0.39 is 15.9 Å². The highest BCUT2D eigenvalue weighted by Crippen LogP contribution is 2.27. The predicted molar refractivity (Wildman–Crippen MR) is 79.6 cm³/mol. The summed E-state index contributed by atoms with van der Waals surface area (Å²) < 4.78 is 22.5. The highest BCUT2D eigenvalue weighted by molar-refractivity contribution is 7.94. The monoisotopic (exact) mass is 326 g/mol. The lowest BCUT2D eigenvalue weighted by atomic mass is 10.3. The van der Waals surface area contributed by atoms with Gasteiger partial charge in [0, 0.05) is 10.8 Å². The third kappa shape index (κ3) is 2.82. The molecule has 1 amide bonds. The molecule has 2 aromatic rings. The van der Waals surface area contributed by atoms with Crippen LogP contribution in [0.1, 0.15) is 10.5 Å². The Balaban J connectivity index is 1.71. The molecule has 5 nitrogen and oxygen atoms in total. The van der Waals surface area contributed by atoms with E-state index in [1.54, 1.807) is 16.7 Å². The first-order chi connectivity index (χ1) is 9.53. The molecule has 0 radical (unpaired) electrons. The van der Waals surface area contributed by atoms with Crippen molar-refractivity contribution in [2.45, 2.75) is 6.04 Å². The zero-order valence-electron chi connectivity index (χ0n) is 10.1. The van der Waals surface area contributed by atoms with Crippen LogP contribution < -0.4 is 5.32 Å². The smallest absolute Gasteiger partial charge is 0.271 e. The maximum Gasteiger partial charge on any atom is 0.271 e. The molecule has 0 fully saturated rings. The molecule has 2 aromatic heterocycles. The van der Waals surface area contributed by atoms with Crippen molar-refractivity contribution in [3.63, 3.8) is 0 Å². The Kier molecular flexibility index (Phi) is 3.45. The Hall–Kier alpha value is -1.51. The van der Waals surface area contributed by atoms with E-state index in [1.165, 1.54) is 17.4 Å². The first kappa shape index (κ1) is 13.5. The maximum atomic E-state index is 12.0. The second-order valence-electron chi connectivity index (χ2n) is 4.25. The van der Waals surface area contributed by atoms with Gasteiger partial charge in [-0.2, -0.15) is 0 Å². The Morgan fingerprint density at radius 1 is 1.40 bits per heavy atom. The minimum absolute atomic E-state index is 0.0827. The molecule has 104 valence electrons. The zero-order chi connectivity index (χ0) is 14.2. The van der Waals surface area contributed by atoms with Crippen LogP contribution in [0.25, 0.3) is 9.88 Å². The molecule has 1 atom stereocenters. The predicted octanol–water partition coefficient (Wildman–Crippen LogP) is 1.91. The highest BCUT2D eigenvalue weighted by atomic mass is 32.2. The van der Waals surface area contributed by atoms with Gasteiger partial charge in [0.25, 0.3) is 5.91 Å². The standard InChI is InChI=1S/C12H10N2O3S3/c15-11(13-8-3-5-20(16,17)7-8)9-6-19-12(14-9)10-2-1-4-18-10/h1-6,8H,7H2,(H,13,15)/t8-/m0/s1. The van der Waals surface area contributed by atoms with Gasteiger partial charge < -0.3 is 5.32 Å². The number of amides is 1. The van der Waals surface area contributed by atoms with Gasteiger partial charge in [0.15, 0.2) is 9.84 Å². The van der Waals surface area contributed by atoms with E-state index in [4.69, 9.17) is 0 Å². The number of sulfone groups is 1. The molecule has 1 aliphatic heterocycles. The lowest BCUT2D eigenvalue weighted by Crippen LogP contribution is -2.35. The third-order valence-electron chi connectivity index (χ3n) is 2.72. The van der Waals surface area contributed by atoms with Gasteiger partial charge in [-0.25, -0.2) is 13.4 Å². The van der Waals surface area contributed by atoms with Crippen molar-refractivity contribution in [2.24, 2.45) is 0 Å². The van der Waals surface area contributed by atoms with E-state index in [0.29, 0.717) is 5.69 Å². The summed E-state index contributed by atoms with van der Waals surface area (Å²) in [6, 6.07) is 3.40. The van der Waals surface area contributed by atoms with Crippen molar-refractivity contribution in [1.29, 1.82) is 0 Å². The van der Waals surface area contributed by atoms with Gasteiger partial charge >= 0.3 is 0 Å². The average Bonchev–Trinajstić information content (AvgIpc) is 3.08. The van der Waals surface area contributed by atoms with E-state index in [-0.39, 0.29) is 11.7 Å². The van der Waals surface area contributed by atoms with Gasteiger partial charge in [0.05, 0.1) is 16.7 Å². The normalized spacial score (nSPS) is 20.1. The summed E-state index contributed by atoms with van der Waals surface area (Å²) in [7, 11) is -3.16. The highest BCUT2D eigenvalue weighted by Gasteiger charge is 2.24. The van der Waals surface area contributed by atoms with E-state index in [2.05, 4.69) is 10.3 Å². The Morgan fingerprint density at radius 2 is 2.25 bits per heavy atom. The number of aromatic nitrogens is 1. The second-order valence-corrected chi connectivity index (χ2v) is 7.99. The minimum Gasteiger partial charge on any atom is -0.343 e.